The van der Waals surface area contributed by atoms with Crippen molar-refractivity contribution in [3.8, 4) is 0 Å². The standard InChI is InChI=1S/C22H20F2N2O4S2/c1-15-5-9-19(10-6-15)32(29,30)26-12-11-16-7-8-18(13-17(16)14-26)25-31(27,28)22-20(23)3-2-4-21(22)24/h2-10,13,25H,11-12,14H2,1H3. The van der Waals surface area contributed by atoms with Crippen molar-refractivity contribution in [2.24, 2.45) is 0 Å². The van der Waals surface area contributed by atoms with Gasteiger partial charge in [0.25, 0.3) is 10.0 Å². The maximum absolute atomic E-state index is 14.0. The minimum Gasteiger partial charge on any atom is -0.279 e. The number of benzene rings is 3. The molecule has 1 heterocycles. The fourth-order valence-electron chi connectivity index (χ4n) is 3.60. The molecular weight excluding hydrogens is 458 g/mol. The Hall–Kier alpha value is -2.82. The molecule has 0 radical (unpaired) electrons. The molecule has 0 bridgehead atoms. The summed E-state index contributed by atoms with van der Waals surface area (Å²) in [5.74, 6) is -2.41. The van der Waals surface area contributed by atoms with Crippen LogP contribution in [0.2, 0.25) is 0 Å². The highest BCUT2D eigenvalue weighted by Gasteiger charge is 2.29. The number of fused-ring (bicyclic) bond motifs is 1. The number of halogens is 2. The van der Waals surface area contributed by atoms with E-state index in [2.05, 4.69) is 4.72 Å². The van der Waals surface area contributed by atoms with Crippen molar-refractivity contribution < 1.29 is 25.6 Å². The van der Waals surface area contributed by atoms with Gasteiger partial charge in [-0.2, -0.15) is 4.31 Å². The van der Waals surface area contributed by atoms with Crippen LogP contribution in [-0.2, 0) is 33.0 Å². The SMILES string of the molecule is Cc1ccc(S(=O)(=O)N2CCc3ccc(NS(=O)(=O)c4c(F)cccc4F)cc3C2)cc1. The number of sulfonamides is 2. The van der Waals surface area contributed by atoms with Crippen LogP contribution in [-0.4, -0.2) is 27.7 Å². The van der Waals surface area contributed by atoms with Crippen LogP contribution in [0.25, 0.3) is 0 Å². The van der Waals surface area contributed by atoms with Gasteiger partial charge in [0.2, 0.25) is 10.0 Å². The molecule has 0 unspecified atom stereocenters. The minimum atomic E-state index is -4.52. The van der Waals surface area contributed by atoms with Gasteiger partial charge in [-0.3, -0.25) is 4.72 Å². The van der Waals surface area contributed by atoms with E-state index in [9.17, 15) is 25.6 Å². The van der Waals surface area contributed by atoms with Gasteiger partial charge in [-0.25, -0.2) is 25.6 Å². The summed E-state index contributed by atoms with van der Waals surface area (Å²) >= 11 is 0. The van der Waals surface area contributed by atoms with Gasteiger partial charge in [0.15, 0.2) is 4.90 Å². The highest BCUT2D eigenvalue weighted by atomic mass is 32.2. The molecule has 1 aliphatic rings. The summed E-state index contributed by atoms with van der Waals surface area (Å²) in [6.45, 7) is 2.20. The quantitative estimate of drug-likeness (QED) is 0.604. The molecule has 0 fully saturated rings. The fourth-order valence-corrected chi connectivity index (χ4v) is 6.21. The lowest BCUT2D eigenvalue weighted by Gasteiger charge is -2.28. The van der Waals surface area contributed by atoms with Gasteiger partial charge >= 0.3 is 0 Å². The average molecular weight is 479 g/mol. The van der Waals surface area contributed by atoms with Gasteiger partial charge in [-0.1, -0.05) is 29.8 Å². The maximum atomic E-state index is 14.0. The summed E-state index contributed by atoms with van der Waals surface area (Å²) in [5, 5.41) is 0. The number of anilines is 1. The zero-order valence-electron chi connectivity index (χ0n) is 17.0. The molecule has 0 atom stereocenters. The summed E-state index contributed by atoms with van der Waals surface area (Å²) in [7, 11) is -8.25. The molecule has 0 saturated carbocycles. The van der Waals surface area contributed by atoms with E-state index in [1.807, 2.05) is 6.92 Å². The number of hydrogen-bond donors (Lipinski definition) is 1. The van der Waals surface area contributed by atoms with Crippen molar-refractivity contribution in [1.29, 1.82) is 0 Å². The van der Waals surface area contributed by atoms with Gasteiger partial charge in [0.05, 0.1) is 4.90 Å². The van der Waals surface area contributed by atoms with Crippen LogP contribution < -0.4 is 4.72 Å². The van der Waals surface area contributed by atoms with Gasteiger partial charge < -0.3 is 0 Å². The summed E-state index contributed by atoms with van der Waals surface area (Å²) < 4.78 is 82.6. The molecule has 1 aliphatic heterocycles. The van der Waals surface area contributed by atoms with Gasteiger partial charge in [-0.15, -0.1) is 0 Å². The molecule has 3 aromatic carbocycles. The fraction of sp³-hybridized carbons (Fsp3) is 0.182. The maximum Gasteiger partial charge on any atom is 0.267 e. The van der Waals surface area contributed by atoms with Crippen molar-refractivity contribution in [2.75, 3.05) is 11.3 Å². The summed E-state index contributed by atoms with van der Waals surface area (Å²) in [4.78, 5) is -0.889. The molecule has 0 saturated heterocycles. The van der Waals surface area contributed by atoms with Crippen LogP contribution in [0.5, 0.6) is 0 Å². The monoisotopic (exact) mass is 478 g/mol. The van der Waals surface area contributed by atoms with Gasteiger partial charge in [0.1, 0.15) is 11.6 Å². The first kappa shape index (κ1) is 22.4. The Morgan fingerprint density at radius 1 is 0.875 bits per heavy atom. The number of nitrogens with zero attached hydrogens (tertiary/aromatic N) is 1. The highest BCUT2D eigenvalue weighted by Crippen LogP contribution is 2.29. The molecule has 0 spiro atoms. The Balaban J connectivity index is 1.61. The summed E-state index contributed by atoms with van der Waals surface area (Å²) in [6, 6.07) is 14.0. The molecule has 3 aromatic rings. The van der Waals surface area contributed by atoms with E-state index in [1.165, 1.54) is 16.4 Å². The van der Waals surface area contributed by atoms with Crippen LogP contribution in [0.15, 0.2) is 70.5 Å². The Morgan fingerprint density at radius 3 is 2.19 bits per heavy atom. The predicted octanol–water partition coefficient (Wildman–Crippen LogP) is 3.82. The topological polar surface area (TPSA) is 83.6 Å². The first-order valence-electron chi connectivity index (χ1n) is 9.73. The molecule has 32 heavy (non-hydrogen) atoms. The summed E-state index contributed by atoms with van der Waals surface area (Å²) in [5.41, 5.74) is 2.51. The van der Waals surface area contributed by atoms with E-state index in [0.29, 0.717) is 12.0 Å². The predicted molar refractivity (Wildman–Crippen MR) is 116 cm³/mol. The number of rotatable bonds is 5. The second-order valence-corrected chi connectivity index (χ2v) is 11.1. The van der Waals surface area contributed by atoms with E-state index in [-0.39, 0.29) is 23.7 Å². The lowest BCUT2D eigenvalue weighted by atomic mass is 10.0. The van der Waals surface area contributed by atoms with Gasteiger partial charge in [-0.05, 0) is 60.9 Å². The Labute approximate surface area is 185 Å². The van der Waals surface area contributed by atoms with Crippen molar-refractivity contribution in [3.63, 3.8) is 0 Å². The lowest BCUT2D eigenvalue weighted by Crippen LogP contribution is -2.36. The molecule has 10 heteroatoms. The molecule has 1 N–H and O–H groups in total. The second kappa shape index (κ2) is 8.27. The molecule has 0 amide bonds. The second-order valence-electron chi connectivity index (χ2n) is 7.54. The number of aryl methyl sites for hydroxylation is 1. The zero-order valence-corrected chi connectivity index (χ0v) is 18.7. The van der Waals surface area contributed by atoms with Crippen LogP contribution in [0, 0.1) is 18.6 Å². The zero-order chi connectivity index (χ0) is 23.1. The molecule has 6 nitrogen and oxygen atoms in total. The normalized spacial score (nSPS) is 14.7. The van der Waals surface area contributed by atoms with E-state index in [0.717, 1.165) is 29.3 Å². The van der Waals surface area contributed by atoms with Crippen LogP contribution in [0.4, 0.5) is 14.5 Å². The van der Waals surface area contributed by atoms with Crippen molar-refractivity contribution >= 4 is 25.7 Å². The largest absolute Gasteiger partial charge is 0.279 e. The van der Waals surface area contributed by atoms with E-state index >= 15 is 0 Å². The first-order valence-corrected chi connectivity index (χ1v) is 12.7. The van der Waals surface area contributed by atoms with Crippen molar-refractivity contribution in [1.82, 2.24) is 4.31 Å². The van der Waals surface area contributed by atoms with E-state index < -0.39 is 36.6 Å². The Morgan fingerprint density at radius 2 is 1.53 bits per heavy atom. The molecule has 0 aromatic heterocycles. The first-order chi connectivity index (χ1) is 15.1. The third-order valence-electron chi connectivity index (χ3n) is 5.28. The van der Waals surface area contributed by atoms with Crippen LogP contribution in [0.3, 0.4) is 0 Å². The van der Waals surface area contributed by atoms with Crippen LogP contribution >= 0.6 is 0 Å². The third-order valence-corrected chi connectivity index (χ3v) is 8.57. The van der Waals surface area contributed by atoms with E-state index in [4.69, 9.17) is 0 Å². The van der Waals surface area contributed by atoms with E-state index in [1.54, 1.807) is 30.3 Å². The van der Waals surface area contributed by atoms with Gasteiger partial charge in [0, 0.05) is 18.8 Å². The smallest absolute Gasteiger partial charge is 0.267 e. The Kier molecular flexibility index (Phi) is 5.78. The minimum absolute atomic E-state index is 0.0508. The van der Waals surface area contributed by atoms with Crippen LogP contribution in [0.1, 0.15) is 16.7 Å². The number of nitrogens with one attached hydrogen (secondary N) is 1. The lowest BCUT2D eigenvalue weighted by molar-refractivity contribution is 0.391. The average Bonchev–Trinajstić information content (AvgIpc) is 2.73. The van der Waals surface area contributed by atoms with Crippen molar-refractivity contribution in [3.05, 3.63) is 89.0 Å². The highest BCUT2D eigenvalue weighted by molar-refractivity contribution is 7.92. The molecular formula is C22H20F2N2O4S2. The third kappa shape index (κ3) is 4.25. The molecule has 0 aliphatic carbocycles. The summed E-state index contributed by atoms with van der Waals surface area (Å²) in [6.07, 6.45) is 0.454. The number of hydrogen-bond acceptors (Lipinski definition) is 4. The van der Waals surface area contributed by atoms with Crippen molar-refractivity contribution in [2.45, 2.75) is 29.7 Å². The Bertz CT molecular complexity index is 1370. The molecule has 4 rings (SSSR count). The molecule has 168 valence electrons.